The molecule has 2 atom stereocenters. The fraction of sp³-hybridized carbons (Fsp3) is 0.300. The SMILES string of the molecule is CN(C)c1c(F)c(C(F)(F)F)c(-c2ccc3nc(NC(=O)[C@@H]4C[C@@H]4F)cn3n2)c2cn[nH]c12. The van der Waals surface area contributed by atoms with Gasteiger partial charge in [0.2, 0.25) is 5.91 Å². The van der Waals surface area contributed by atoms with Crippen LogP contribution >= 0.6 is 0 Å². The van der Waals surface area contributed by atoms with E-state index in [0.29, 0.717) is 0 Å². The van der Waals surface area contributed by atoms with Crippen molar-refractivity contribution < 1.29 is 26.7 Å². The Balaban J connectivity index is 1.67. The molecule has 3 aromatic heterocycles. The number of alkyl halides is 4. The quantitative estimate of drug-likeness (QED) is 0.448. The molecule has 0 aliphatic heterocycles. The lowest BCUT2D eigenvalue weighted by Crippen LogP contribution is -2.18. The molecule has 5 rings (SSSR count). The van der Waals surface area contributed by atoms with Gasteiger partial charge in [-0.05, 0) is 18.6 Å². The van der Waals surface area contributed by atoms with E-state index in [1.54, 1.807) is 0 Å². The molecule has 1 amide bonds. The highest BCUT2D eigenvalue weighted by Crippen LogP contribution is 2.46. The number of nitrogens with zero attached hydrogens (tertiary/aromatic N) is 5. The molecule has 0 radical (unpaired) electrons. The number of rotatable bonds is 4. The average Bonchev–Trinajstić information content (AvgIpc) is 3.10. The third-order valence-electron chi connectivity index (χ3n) is 5.43. The molecule has 2 N–H and O–H groups in total. The van der Waals surface area contributed by atoms with Gasteiger partial charge in [0.1, 0.15) is 11.7 Å². The van der Waals surface area contributed by atoms with Crippen LogP contribution in [0.1, 0.15) is 12.0 Å². The molecule has 1 saturated carbocycles. The third-order valence-corrected chi connectivity index (χ3v) is 5.43. The molecule has 0 unspecified atom stereocenters. The van der Waals surface area contributed by atoms with Crippen molar-refractivity contribution in [3.05, 3.63) is 35.9 Å². The molecule has 0 spiro atoms. The van der Waals surface area contributed by atoms with E-state index in [1.807, 2.05) is 0 Å². The van der Waals surface area contributed by atoms with Crippen LogP contribution in [0.4, 0.5) is 33.5 Å². The Bertz CT molecular complexity index is 1410. The van der Waals surface area contributed by atoms with Crippen molar-refractivity contribution in [2.24, 2.45) is 5.92 Å². The number of nitrogens with one attached hydrogen (secondary N) is 2. The molecular formula is C20H16F5N7O. The van der Waals surface area contributed by atoms with Crippen molar-refractivity contribution in [2.45, 2.75) is 18.8 Å². The first-order valence-electron chi connectivity index (χ1n) is 9.81. The lowest BCUT2D eigenvalue weighted by molar-refractivity contribution is -0.139. The Morgan fingerprint density at radius 2 is 2.03 bits per heavy atom. The van der Waals surface area contributed by atoms with E-state index in [9.17, 15) is 22.4 Å². The number of amides is 1. The highest BCUT2D eigenvalue weighted by molar-refractivity contribution is 6.02. The summed E-state index contributed by atoms with van der Waals surface area (Å²) in [5.41, 5.74) is -2.09. The van der Waals surface area contributed by atoms with Crippen LogP contribution in [0, 0.1) is 11.7 Å². The van der Waals surface area contributed by atoms with Gasteiger partial charge in [-0.25, -0.2) is 18.3 Å². The highest BCUT2D eigenvalue weighted by atomic mass is 19.4. The Labute approximate surface area is 182 Å². The number of halogens is 5. The molecule has 4 aromatic rings. The lowest BCUT2D eigenvalue weighted by atomic mass is 9.97. The number of aromatic nitrogens is 5. The largest absolute Gasteiger partial charge is 0.419 e. The maximum atomic E-state index is 15.2. The molecule has 1 fully saturated rings. The van der Waals surface area contributed by atoms with Crippen LogP contribution in [0.3, 0.4) is 0 Å². The van der Waals surface area contributed by atoms with Gasteiger partial charge in [0.15, 0.2) is 17.3 Å². The van der Waals surface area contributed by atoms with Crippen molar-refractivity contribution in [1.29, 1.82) is 0 Å². The first-order valence-corrected chi connectivity index (χ1v) is 9.81. The number of carbonyl (C=O) groups is 1. The second-order valence-electron chi connectivity index (χ2n) is 7.96. The van der Waals surface area contributed by atoms with Gasteiger partial charge in [-0.15, -0.1) is 0 Å². The number of anilines is 2. The zero-order valence-corrected chi connectivity index (χ0v) is 17.2. The van der Waals surface area contributed by atoms with Crippen LogP contribution in [-0.4, -0.2) is 51.0 Å². The Hall–Kier alpha value is -3.77. The predicted molar refractivity (Wildman–Crippen MR) is 109 cm³/mol. The van der Waals surface area contributed by atoms with Crippen molar-refractivity contribution in [3.8, 4) is 11.3 Å². The van der Waals surface area contributed by atoms with Crippen LogP contribution in [-0.2, 0) is 11.0 Å². The number of benzene rings is 1. The molecule has 1 aromatic carbocycles. The maximum Gasteiger partial charge on any atom is 0.419 e. The van der Waals surface area contributed by atoms with Gasteiger partial charge < -0.3 is 10.2 Å². The fourth-order valence-corrected chi connectivity index (χ4v) is 3.81. The molecular weight excluding hydrogens is 449 g/mol. The van der Waals surface area contributed by atoms with Gasteiger partial charge in [0.25, 0.3) is 0 Å². The van der Waals surface area contributed by atoms with Gasteiger partial charge in [-0.3, -0.25) is 9.89 Å². The van der Waals surface area contributed by atoms with Gasteiger partial charge in [-0.2, -0.15) is 23.4 Å². The molecule has 1 aliphatic carbocycles. The smallest absolute Gasteiger partial charge is 0.374 e. The normalized spacial score (nSPS) is 18.2. The van der Waals surface area contributed by atoms with Crippen molar-refractivity contribution in [3.63, 3.8) is 0 Å². The van der Waals surface area contributed by atoms with Crippen LogP contribution in [0.25, 0.3) is 27.8 Å². The summed E-state index contributed by atoms with van der Waals surface area (Å²) in [7, 11) is 2.85. The van der Waals surface area contributed by atoms with Crippen molar-refractivity contribution >= 4 is 34.0 Å². The van der Waals surface area contributed by atoms with Crippen LogP contribution in [0.2, 0.25) is 0 Å². The summed E-state index contributed by atoms with van der Waals surface area (Å²) >= 11 is 0. The molecule has 172 valence electrons. The van der Waals surface area contributed by atoms with E-state index >= 15 is 4.39 Å². The zero-order chi connectivity index (χ0) is 23.7. The van der Waals surface area contributed by atoms with Crippen LogP contribution in [0.15, 0.2) is 24.5 Å². The Morgan fingerprint density at radius 1 is 1.30 bits per heavy atom. The minimum absolute atomic E-state index is 0.0376. The highest BCUT2D eigenvalue weighted by Gasteiger charge is 2.44. The number of carbonyl (C=O) groups excluding carboxylic acids is 1. The summed E-state index contributed by atoms with van der Waals surface area (Å²) < 4.78 is 71.6. The number of hydrogen-bond acceptors (Lipinski definition) is 5. The minimum Gasteiger partial charge on any atom is -0.374 e. The van der Waals surface area contributed by atoms with E-state index in [1.165, 1.54) is 43.5 Å². The topological polar surface area (TPSA) is 91.2 Å². The molecule has 0 saturated heterocycles. The molecule has 3 heterocycles. The number of aromatic amines is 1. The monoisotopic (exact) mass is 465 g/mol. The van der Waals surface area contributed by atoms with E-state index in [4.69, 9.17) is 0 Å². The average molecular weight is 465 g/mol. The molecule has 33 heavy (non-hydrogen) atoms. The molecule has 8 nitrogen and oxygen atoms in total. The number of hydrogen-bond donors (Lipinski definition) is 2. The summed E-state index contributed by atoms with van der Waals surface area (Å²) in [6.45, 7) is 0. The molecule has 0 bridgehead atoms. The maximum absolute atomic E-state index is 15.2. The summed E-state index contributed by atoms with van der Waals surface area (Å²) in [5, 5.41) is 13.0. The molecule has 13 heteroatoms. The van der Waals surface area contributed by atoms with Crippen LogP contribution in [0.5, 0.6) is 0 Å². The minimum atomic E-state index is -5.02. The van der Waals surface area contributed by atoms with Crippen molar-refractivity contribution in [2.75, 3.05) is 24.3 Å². The van der Waals surface area contributed by atoms with E-state index in [-0.39, 0.29) is 40.2 Å². The van der Waals surface area contributed by atoms with Gasteiger partial charge >= 0.3 is 6.18 Å². The predicted octanol–water partition coefficient (Wildman–Crippen LogP) is 3.79. The second kappa shape index (κ2) is 7.12. The van der Waals surface area contributed by atoms with Gasteiger partial charge in [-0.1, -0.05) is 0 Å². The fourth-order valence-electron chi connectivity index (χ4n) is 3.81. The standard InChI is InChI=1S/C20H16F5N7O/c1-31(2)18-16(22)15(20(23,24)25)14(9-6-26-29-17(9)18)11-3-4-13-27-12(7-32(13)30-11)28-19(33)8-5-10(8)21/h3-4,6-8,10H,5H2,1-2H3,(H,26,29)(H,28,33)/t8-,10+/m1/s1. The Kier molecular flexibility index (Phi) is 4.55. The number of H-pyrrole nitrogens is 1. The Morgan fingerprint density at radius 3 is 2.67 bits per heavy atom. The van der Waals surface area contributed by atoms with E-state index in [2.05, 4.69) is 25.6 Å². The van der Waals surface area contributed by atoms with Gasteiger partial charge in [0.05, 0.1) is 35.2 Å². The van der Waals surface area contributed by atoms with Crippen LogP contribution < -0.4 is 10.2 Å². The second-order valence-corrected chi connectivity index (χ2v) is 7.96. The lowest BCUT2D eigenvalue weighted by Gasteiger charge is -2.21. The number of fused-ring (bicyclic) bond motifs is 2. The molecule has 1 aliphatic rings. The summed E-state index contributed by atoms with van der Waals surface area (Å²) in [4.78, 5) is 17.3. The third kappa shape index (κ3) is 3.43. The van der Waals surface area contributed by atoms with Gasteiger partial charge in [0, 0.05) is 25.0 Å². The van der Waals surface area contributed by atoms with Crippen molar-refractivity contribution in [1.82, 2.24) is 24.8 Å². The first kappa shape index (κ1) is 21.1. The van der Waals surface area contributed by atoms with E-state index in [0.717, 1.165) is 4.52 Å². The summed E-state index contributed by atoms with van der Waals surface area (Å²) in [6, 6.07) is 2.66. The first-order chi connectivity index (χ1) is 15.6. The zero-order valence-electron chi connectivity index (χ0n) is 17.2. The summed E-state index contributed by atoms with van der Waals surface area (Å²) in [5.74, 6) is -2.65. The number of imidazole rings is 1. The summed E-state index contributed by atoms with van der Waals surface area (Å²) in [6.07, 6.45) is -3.60. The van der Waals surface area contributed by atoms with E-state index < -0.39 is 41.1 Å².